The number of halogens is 1. The van der Waals surface area contributed by atoms with Crippen LogP contribution >= 0.6 is 11.6 Å². The molecule has 0 aliphatic carbocycles. The summed E-state index contributed by atoms with van der Waals surface area (Å²) in [7, 11) is 1.66. The average molecular weight is 416 g/mol. The molecule has 2 aromatic rings. The predicted molar refractivity (Wildman–Crippen MR) is 116 cm³/mol. The molecule has 156 valence electrons. The zero-order valence-electron chi connectivity index (χ0n) is 17.1. The monoisotopic (exact) mass is 415 g/mol. The Bertz CT molecular complexity index is 808. The molecule has 5 heteroatoms. The van der Waals surface area contributed by atoms with E-state index in [4.69, 9.17) is 16.3 Å². The molecule has 1 heterocycles. The third-order valence-corrected chi connectivity index (χ3v) is 6.08. The van der Waals surface area contributed by atoms with Gasteiger partial charge in [-0.25, -0.2) is 0 Å². The molecule has 2 aromatic carbocycles. The number of methoxy groups -OCH3 is 1. The summed E-state index contributed by atoms with van der Waals surface area (Å²) in [6.45, 7) is 1.47. The van der Waals surface area contributed by atoms with Crippen LogP contribution in [0.1, 0.15) is 36.8 Å². The standard InChI is InChI=1S/C24H30ClNO3/c1-29-22-7-2-6-20(15-22)16-24(18-27)13-4-14-26(17-24)23(28)8-3-5-19-9-11-21(25)12-10-19/h2,6-7,9-12,15,27H,3-5,8,13-14,16-18H2,1H3/t24-/m1/s1. The molecule has 1 aliphatic heterocycles. The Kier molecular flexibility index (Phi) is 7.57. The van der Waals surface area contributed by atoms with Gasteiger partial charge in [-0.2, -0.15) is 0 Å². The molecule has 1 atom stereocenters. The number of ether oxygens (including phenoxy) is 1. The highest BCUT2D eigenvalue weighted by Crippen LogP contribution is 2.34. The highest BCUT2D eigenvalue weighted by atomic mass is 35.5. The third-order valence-electron chi connectivity index (χ3n) is 5.83. The first-order valence-corrected chi connectivity index (χ1v) is 10.7. The second-order valence-electron chi connectivity index (χ2n) is 8.09. The molecule has 4 nitrogen and oxygen atoms in total. The number of likely N-dealkylation sites (tertiary alicyclic amines) is 1. The molecule has 1 N–H and O–H groups in total. The topological polar surface area (TPSA) is 49.8 Å². The minimum Gasteiger partial charge on any atom is -0.497 e. The molecular formula is C24H30ClNO3. The van der Waals surface area contributed by atoms with Gasteiger partial charge in [-0.1, -0.05) is 35.9 Å². The summed E-state index contributed by atoms with van der Waals surface area (Å²) in [5.41, 5.74) is 2.05. The number of hydrogen-bond donors (Lipinski definition) is 1. The van der Waals surface area contributed by atoms with Crippen molar-refractivity contribution in [2.45, 2.75) is 38.5 Å². The maximum absolute atomic E-state index is 12.8. The van der Waals surface area contributed by atoms with Crippen LogP contribution in [0.2, 0.25) is 5.02 Å². The first-order valence-electron chi connectivity index (χ1n) is 10.3. The molecule has 1 saturated heterocycles. The van der Waals surface area contributed by atoms with Gasteiger partial charge in [0.05, 0.1) is 13.7 Å². The van der Waals surface area contributed by atoms with Crippen LogP contribution in [0.5, 0.6) is 5.75 Å². The first kappa shape index (κ1) is 21.7. The van der Waals surface area contributed by atoms with Crippen LogP contribution in [-0.2, 0) is 17.6 Å². The number of rotatable bonds is 8. The first-order chi connectivity index (χ1) is 14.0. The molecule has 0 radical (unpaired) electrons. The van der Waals surface area contributed by atoms with Gasteiger partial charge in [0.1, 0.15) is 5.75 Å². The Morgan fingerprint density at radius 3 is 2.72 bits per heavy atom. The molecule has 1 amide bonds. The largest absolute Gasteiger partial charge is 0.497 e. The molecular weight excluding hydrogens is 386 g/mol. The highest BCUT2D eigenvalue weighted by molar-refractivity contribution is 6.30. The van der Waals surface area contributed by atoms with Crippen molar-refractivity contribution in [1.82, 2.24) is 4.90 Å². The summed E-state index contributed by atoms with van der Waals surface area (Å²) < 4.78 is 5.32. The summed E-state index contributed by atoms with van der Waals surface area (Å²) in [6.07, 6.45) is 4.81. The van der Waals surface area contributed by atoms with Crippen LogP contribution < -0.4 is 4.74 Å². The minimum atomic E-state index is -0.281. The summed E-state index contributed by atoms with van der Waals surface area (Å²) in [5.74, 6) is 1.00. The number of amides is 1. The minimum absolute atomic E-state index is 0.0821. The maximum atomic E-state index is 12.8. The number of aliphatic hydroxyl groups excluding tert-OH is 1. The van der Waals surface area contributed by atoms with E-state index in [2.05, 4.69) is 6.07 Å². The van der Waals surface area contributed by atoms with Crippen molar-refractivity contribution in [1.29, 1.82) is 0 Å². The van der Waals surface area contributed by atoms with Crippen molar-refractivity contribution >= 4 is 17.5 Å². The number of carbonyl (C=O) groups is 1. The van der Waals surface area contributed by atoms with Crippen molar-refractivity contribution in [2.75, 3.05) is 26.8 Å². The number of aliphatic hydroxyl groups is 1. The molecule has 1 aliphatic rings. The van der Waals surface area contributed by atoms with Crippen LogP contribution in [-0.4, -0.2) is 42.7 Å². The fourth-order valence-corrected chi connectivity index (χ4v) is 4.34. The average Bonchev–Trinajstić information content (AvgIpc) is 2.75. The van der Waals surface area contributed by atoms with Gasteiger partial charge >= 0.3 is 0 Å². The quantitative estimate of drug-likeness (QED) is 0.689. The van der Waals surface area contributed by atoms with E-state index in [9.17, 15) is 9.90 Å². The predicted octanol–water partition coefficient (Wildman–Crippen LogP) is 4.52. The second kappa shape index (κ2) is 10.1. The summed E-state index contributed by atoms with van der Waals surface area (Å²) >= 11 is 5.92. The van der Waals surface area contributed by atoms with E-state index in [1.165, 1.54) is 5.56 Å². The van der Waals surface area contributed by atoms with Gasteiger partial charge in [0.2, 0.25) is 5.91 Å². The summed E-state index contributed by atoms with van der Waals surface area (Å²) in [5, 5.41) is 10.9. The Morgan fingerprint density at radius 1 is 1.21 bits per heavy atom. The normalized spacial score (nSPS) is 19.2. The molecule has 0 aromatic heterocycles. The fourth-order valence-electron chi connectivity index (χ4n) is 4.22. The second-order valence-corrected chi connectivity index (χ2v) is 8.52. The number of benzene rings is 2. The number of nitrogens with zero attached hydrogens (tertiary/aromatic N) is 1. The van der Waals surface area contributed by atoms with Gasteiger partial charge in [0, 0.05) is 29.9 Å². The molecule has 0 unspecified atom stereocenters. The maximum Gasteiger partial charge on any atom is 0.222 e. The van der Waals surface area contributed by atoms with Crippen LogP contribution in [0.4, 0.5) is 0 Å². The van der Waals surface area contributed by atoms with E-state index in [0.29, 0.717) is 13.0 Å². The Morgan fingerprint density at radius 2 is 2.00 bits per heavy atom. The number of piperidine rings is 1. The van der Waals surface area contributed by atoms with E-state index >= 15 is 0 Å². The lowest BCUT2D eigenvalue weighted by Gasteiger charge is -2.42. The van der Waals surface area contributed by atoms with Gasteiger partial charge in [0.15, 0.2) is 0 Å². The molecule has 1 fully saturated rings. The lowest BCUT2D eigenvalue weighted by molar-refractivity contribution is -0.135. The van der Waals surface area contributed by atoms with Crippen LogP contribution in [0.3, 0.4) is 0 Å². The lowest BCUT2D eigenvalue weighted by Crippen LogP contribution is -2.48. The Balaban J connectivity index is 1.57. The smallest absolute Gasteiger partial charge is 0.222 e. The van der Waals surface area contributed by atoms with Crippen LogP contribution in [0, 0.1) is 5.41 Å². The van der Waals surface area contributed by atoms with E-state index in [1.807, 2.05) is 47.4 Å². The molecule has 3 rings (SSSR count). The Labute approximate surface area is 178 Å². The molecule has 0 saturated carbocycles. The molecule has 0 bridgehead atoms. The summed E-state index contributed by atoms with van der Waals surface area (Å²) in [4.78, 5) is 14.7. The third kappa shape index (κ3) is 5.97. The number of hydrogen-bond acceptors (Lipinski definition) is 3. The fraction of sp³-hybridized carbons (Fsp3) is 0.458. The SMILES string of the molecule is COc1cccc(C[C@]2(CO)CCCN(C(=O)CCCc3ccc(Cl)cc3)C2)c1. The van der Waals surface area contributed by atoms with Crippen molar-refractivity contribution < 1.29 is 14.6 Å². The van der Waals surface area contributed by atoms with E-state index in [1.54, 1.807) is 7.11 Å². The summed E-state index contributed by atoms with van der Waals surface area (Å²) in [6, 6.07) is 15.8. The van der Waals surface area contributed by atoms with Crippen LogP contribution in [0.15, 0.2) is 48.5 Å². The van der Waals surface area contributed by atoms with Gasteiger partial charge in [-0.15, -0.1) is 0 Å². The van der Waals surface area contributed by atoms with Crippen molar-refractivity contribution in [3.63, 3.8) is 0 Å². The zero-order chi connectivity index (χ0) is 20.7. The van der Waals surface area contributed by atoms with E-state index in [0.717, 1.165) is 55.0 Å². The van der Waals surface area contributed by atoms with Gasteiger partial charge in [0.25, 0.3) is 0 Å². The number of carbonyl (C=O) groups excluding carboxylic acids is 1. The van der Waals surface area contributed by atoms with Crippen molar-refractivity contribution in [3.05, 3.63) is 64.7 Å². The van der Waals surface area contributed by atoms with E-state index in [-0.39, 0.29) is 17.9 Å². The van der Waals surface area contributed by atoms with Crippen LogP contribution in [0.25, 0.3) is 0 Å². The van der Waals surface area contributed by atoms with E-state index < -0.39 is 0 Å². The van der Waals surface area contributed by atoms with Gasteiger partial charge < -0.3 is 14.7 Å². The molecule has 29 heavy (non-hydrogen) atoms. The lowest BCUT2D eigenvalue weighted by atomic mass is 9.75. The van der Waals surface area contributed by atoms with Gasteiger partial charge in [-0.05, 0) is 67.5 Å². The Hall–Kier alpha value is -2.04. The highest BCUT2D eigenvalue weighted by Gasteiger charge is 2.36. The number of aryl methyl sites for hydroxylation is 1. The van der Waals surface area contributed by atoms with Gasteiger partial charge in [-0.3, -0.25) is 4.79 Å². The zero-order valence-corrected chi connectivity index (χ0v) is 17.8. The van der Waals surface area contributed by atoms with Crippen molar-refractivity contribution in [2.24, 2.45) is 5.41 Å². The van der Waals surface area contributed by atoms with Crippen molar-refractivity contribution in [3.8, 4) is 5.75 Å². The molecule has 0 spiro atoms.